The minimum Gasteiger partial charge on any atom is -0.459 e. The Morgan fingerprint density at radius 1 is 1.24 bits per heavy atom. The van der Waals surface area contributed by atoms with Gasteiger partial charge < -0.3 is 9.32 Å². The largest absolute Gasteiger partial charge is 0.459 e. The third-order valence-corrected chi connectivity index (χ3v) is 6.39. The van der Waals surface area contributed by atoms with Gasteiger partial charge >= 0.3 is 0 Å². The zero-order valence-corrected chi connectivity index (χ0v) is 15.5. The first-order valence-corrected chi connectivity index (χ1v) is 10.4. The maximum Gasteiger partial charge on any atom is 0.222 e. The Kier molecular flexibility index (Phi) is 5.20. The highest BCUT2D eigenvalue weighted by atomic mass is 35.5. The number of nitrogens with zero attached hydrogens (tertiary/aromatic N) is 1. The van der Waals surface area contributed by atoms with Crippen LogP contribution in [0.15, 0.2) is 40.8 Å². The number of benzene rings is 1. The number of rotatable bonds is 5. The zero-order chi connectivity index (χ0) is 18.0. The number of halogens is 1. The Labute approximate surface area is 152 Å². The Bertz CT molecular complexity index is 857. The van der Waals surface area contributed by atoms with E-state index in [1.54, 1.807) is 24.0 Å². The molecule has 1 atom stereocenters. The molecule has 1 amide bonds. The Hall–Kier alpha value is -1.79. The topological polar surface area (TPSA) is 67.6 Å². The van der Waals surface area contributed by atoms with Gasteiger partial charge in [-0.25, -0.2) is 8.42 Å². The molecule has 5 nitrogen and oxygen atoms in total. The van der Waals surface area contributed by atoms with Crippen molar-refractivity contribution in [2.45, 2.75) is 32.4 Å². The van der Waals surface area contributed by atoms with Gasteiger partial charge in [0.05, 0.1) is 18.1 Å². The summed E-state index contributed by atoms with van der Waals surface area (Å²) in [4.78, 5) is 13.9. The molecule has 2 heterocycles. The van der Waals surface area contributed by atoms with Gasteiger partial charge in [-0.15, -0.1) is 0 Å². The van der Waals surface area contributed by atoms with Crippen LogP contribution in [0.4, 0.5) is 0 Å². The molecule has 3 rings (SSSR count). The van der Waals surface area contributed by atoms with Crippen LogP contribution in [0.1, 0.15) is 25.5 Å². The van der Waals surface area contributed by atoms with Crippen LogP contribution in [0.3, 0.4) is 0 Å². The Morgan fingerprint density at radius 3 is 2.56 bits per heavy atom. The maximum atomic E-state index is 12.3. The van der Waals surface area contributed by atoms with Gasteiger partial charge in [0.2, 0.25) is 5.91 Å². The normalized spacial score (nSPS) is 19.0. The molecule has 134 valence electrons. The highest BCUT2D eigenvalue weighted by molar-refractivity contribution is 7.91. The number of carbonyl (C=O) groups excluding carboxylic acids is 1. The lowest BCUT2D eigenvalue weighted by Gasteiger charge is -2.27. The van der Waals surface area contributed by atoms with Gasteiger partial charge in [-0.2, -0.15) is 0 Å². The summed E-state index contributed by atoms with van der Waals surface area (Å²) in [6.07, 6.45) is 0.820. The molecule has 7 heteroatoms. The molecule has 0 aliphatic carbocycles. The summed E-state index contributed by atoms with van der Waals surface area (Å²) in [6, 6.07) is 10.7. The monoisotopic (exact) mass is 381 g/mol. The fourth-order valence-electron chi connectivity index (χ4n) is 3.05. The molecule has 0 unspecified atom stereocenters. The van der Waals surface area contributed by atoms with Crippen molar-refractivity contribution < 1.29 is 17.6 Å². The molecule has 0 radical (unpaired) electrons. The van der Waals surface area contributed by atoms with Crippen molar-refractivity contribution in [3.63, 3.8) is 0 Å². The summed E-state index contributed by atoms with van der Waals surface area (Å²) >= 11 is 5.90. The van der Waals surface area contributed by atoms with Crippen molar-refractivity contribution in [1.82, 2.24) is 4.90 Å². The van der Waals surface area contributed by atoms with Gasteiger partial charge in [0.25, 0.3) is 0 Å². The van der Waals surface area contributed by atoms with E-state index in [1.165, 1.54) is 0 Å². The number of sulfone groups is 1. The molecular formula is C18H20ClNO4S. The van der Waals surface area contributed by atoms with Crippen LogP contribution in [0.5, 0.6) is 0 Å². The predicted molar refractivity (Wildman–Crippen MR) is 97.1 cm³/mol. The van der Waals surface area contributed by atoms with Crippen molar-refractivity contribution in [2.24, 2.45) is 0 Å². The second-order valence-electron chi connectivity index (χ2n) is 6.20. The van der Waals surface area contributed by atoms with E-state index >= 15 is 0 Å². The molecule has 1 aromatic carbocycles. The van der Waals surface area contributed by atoms with Crippen molar-refractivity contribution in [1.29, 1.82) is 0 Å². The lowest BCUT2D eigenvalue weighted by Crippen LogP contribution is -2.40. The van der Waals surface area contributed by atoms with Crippen molar-refractivity contribution in [3.05, 3.63) is 47.2 Å². The molecule has 25 heavy (non-hydrogen) atoms. The summed E-state index contributed by atoms with van der Waals surface area (Å²) in [5.41, 5.74) is 0.896. The third-order valence-electron chi connectivity index (χ3n) is 4.39. The van der Waals surface area contributed by atoms with E-state index in [4.69, 9.17) is 16.0 Å². The molecule has 0 bridgehead atoms. The molecule has 0 N–H and O–H groups in total. The lowest BCUT2D eigenvalue weighted by molar-refractivity contribution is -0.133. The third kappa shape index (κ3) is 4.25. The zero-order valence-electron chi connectivity index (χ0n) is 13.9. The second kappa shape index (κ2) is 7.22. The molecule has 1 saturated heterocycles. The quantitative estimate of drug-likeness (QED) is 0.794. The average Bonchev–Trinajstić information content (AvgIpc) is 3.19. The van der Waals surface area contributed by atoms with E-state index in [0.29, 0.717) is 29.4 Å². The second-order valence-corrected chi connectivity index (χ2v) is 8.87. The number of hydrogen-bond acceptors (Lipinski definition) is 4. The van der Waals surface area contributed by atoms with Crippen molar-refractivity contribution >= 4 is 27.3 Å². The Balaban J connectivity index is 1.78. The van der Waals surface area contributed by atoms with Gasteiger partial charge in [0, 0.05) is 23.0 Å². The van der Waals surface area contributed by atoms with Gasteiger partial charge in [-0.3, -0.25) is 4.79 Å². The summed E-state index contributed by atoms with van der Waals surface area (Å²) in [5, 5.41) is 0.651. The number of amides is 1. The van der Waals surface area contributed by atoms with E-state index in [0.717, 1.165) is 5.56 Å². The van der Waals surface area contributed by atoms with Gasteiger partial charge in [-0.05, 0) is 42.8 Å². The summed E-state index contributed by atoms with van der Waals surface area (Å²) in [5.74, 6) is 1.43. The van der Waals surface area contributed by atoms with Crippen molar-refractivity contribution in [3.8, 4) is 11.3 Å². The first-order chi connectivity index (χ1) is 11.9. The molecule has 2 aromatic rings. The van der Waals surface area contributed by atoms with Crippen LogP contribution < -0.4 is 0 Å². The molecule has 0 saturated carbocycles. The first-order valence-electron chi connectivity index (χ1n) is 8.22. The van der Waals surface area contributed by atoms with Crippen molar-refractivity contribution in [2.75, 3.05) is 11.5 Å². The average molecular weight is 382 g/mol. The fourth-order valence-corrected chi connectivity index (χ4v) is 4.90. The Morgan fingerprint density at radius 2 is 1.96 bits per heavy atom. The minimum atomic E-state index is -3.05. The van der Waals surface area contributed by atoms with Crippen LogP contribution in [0, 0.1) is 0 Å². The van der Waals surface area contributed by atoms with Crippen LogP contribution in [0.25, 0.3) is 11.3 Å². The summed E-state index contributed by atoms with van der Waals surface area (Å²) < 4.78 is 29.4. The molecule has 0 spiro atoms. The predicted octanol–water partition coefficient (Wildman–Crippen LogP) is 3.53. The van der Waals surface area contributed by atoms with Crippen LogP contribution in [0.2, 0.25) is 5.02 Å². The highest BCUT2D eigenvalue weighted by Crippen LogP contribution is 2.26. The van der Waals surface area contributed by atoms with E-state index in [1.807, 2.05) is 24.3 Å². The number of furan rings is 1. The highest BCUT2D eigenvalue weighted by Gasteiger charge is 2.34. The number of hydrogen-bond donors (Lipinski definition) is 0. The molecule has 1 aliphatic heterocycles. The lowest BCUT2D eigenvalue weighted by atomic mass is 10.2. The molecule has 1 aromatic heterocycles. The standard InChI is InChI=1S/C18H20ClNO4S/c1-2-18(21)20(15-9-10-25(22,23)12-15)11-16-7-8-17(24-16)13-3-5-14(19)6-4-13/h3-8,15H,2,9-12H2,1H3/t15-/m0/s1. The molecule has 1 aliphatic rings. The minimum absolute atomic E-state index is 0.0312. The summed E-state index contributed by atoms with van der Waals surface area (Å²) in [7, 11) is -3.05. The smallest absolute Gasteiger partial charge is 0.222 e. The molecule has 1 fully saturated rings. The van der Waals surface area contributed by atoms with E-state index < -0.39 is 9.84 Å². The van der Waals surface area contributed by atoms with E-state index in [9.17, 15) is 13.2 Å². The van der Waals surface area contributed by atoms with Crippen LogP contribution in [-0.4, -0.2) is 36.8 Å². The van der Waals surface area contributed by atoms with Crippen LogP contribution in [-0.2, 0) is 21.2 Å². The maximum absolute atomic E-state index is 12.3. The first kappa shape index (κ1) is 18.0. The number of carbonyl (C=O) groups is 1. The van der Waals surface area contributed by atoms with Gasteiger partial charge in [0.15, 0.2) is 9.84 Å². The molecular weight excluding hydrogens is 362 g/mol. The van der Waals surface area contributed by atoms with Gasteiger partial charge in [0.1, 0.15) is 11.5 Å². The van der Waals surface area contributed by atoms with Crippen LogP contribution >= 0.6 is 11.6 Å². The fraction of sp³-hybridized carbons (Fsp3) is 0.389. The summed E-state index contributed by atoms with van der Waals surface area (Å²) in [6.45, 7) is 2.06. The van der Waals surface area contributed by atoms with Gasteiger partial charge in [-0.1, -0.05) is 18.5 Å². The van der Waals surface area contributed by atoms with E-state index in [2.05, 4.69) is 0 Å². The van der Waals surface area contributed by atoms with E-state index in [-0.39, 0.29) is 30.0 Å². The SMILES string of the molecule is CCC(=O)N(Cc1ccc(-c2ccc(Cl)cc2)o1)[C@H]1CCS(=O)(=O)C1.